The average Bonchev–Trinajstić information content (AvgIpc) is 3.01. The molecule has 0 bridgehead atoms. The molecule has 0 aliphatic carbocycles. The quantitative estimate of drug-likeness (QED) is 0.512. The molecule has 0 spiro atoms. The Labute approximate surface area is 167 Å². The van der Waals surface area contributed by atoms with Crippen molar-refractivity contribution in [2.75, 3.05) is 5.32 Å². The number of thiophene rings is 1. The maximum absolute atomic E-state index is 12.4. The van der Waals surface area contributed by atoms with E-state index in [0.717, 1.165) is 0 Å². The molecule has 2 aromatic carbocycles. The fraction of sp³-hybridized carbons (Fsp3) is 0. The van der Waals surface area contributed by atoms with Gasteiger partial charge in [-0.25, -0.2) is 4.79 Å². The number of rotatable bonds is 4. The first-order valence-electron chi connectivity index (χ1n) is 7.24. The molecular formula is C18H10Cl3NO3S. The lowest BCUT2D eigenvalue weighted by Gasteiger charge is -2.07. The van der Waals surface area contributed by atoms with E-state index in [-0.39, 0.29) is 11.3 Å². The van der Waals surface area contributed by atoms with Crippen molar-refractivity contribution in [1.29, 1.82) is 0 Å². The first-order chi connectivity index (χ1) is 12.4. The molecule has 0 radical (unpaired) electrons. The number of carboxylic acids is 1. The van der Waals surface area contributed by atoms with E-state index in [2.05, 4.69) is 5.32 Å². The van der Waals surface area contributed by atoms with Gasteiger partial charge in [0.1, 0.15) is 5.56 Å². The van der Waals surface area contributed by atoms with Gasteiger partial charge >= 0.3 is 5.97 Å². The van der Waals surface area contributed by atoms with Crippen LogP contribution in [0.1, 0.15) is 20.7 Å². The van der Waals surface area contributed by atoms with Crippen LogP contribution in [0.3, 0.4) is 0 Å². The number of amides is 1. The van der Waals surface area contributed by atoms with Crippen molar-refractivity contribution in [3.05, 3.63) is 74.0 Å². The highest BCUT2D eigenvalue weighted by molar-refractivity contribution is 7.14. The Morgan fingerprint density at radius 1 is 0.962 bits per heavy atom. The fourth-order valence-electron chi connectivity index (χ4n) is 2.31. The summed E-state index contributed by atoms with van der Waals surface area (Å²) in [6, 6.07) is 11.2. The third-order valence-corrected chi connectivity index (χ3v) is 5.56. The number of carboxylic acid groups (broad SMARTS) is 1. The number of anilines is 1. The van der Waals surface area contributed by atoms with Crippen molar-refractivity contribution in [1.82, 2.24) is 0 Å². The SMILES string of the molecule is O=C(Nc1csc(-c2ccc(Cl)c(Cl)c2)c1C(=O)O)c1ccc(Cl)cc1. The predicted molar refractivity (Wildman–Crippen MR) is 106 cm³/mol. The number of carbonyl (C=O) groups excluding carboxylic acids is 1. The van der Waals surface area contributed by atoms with Gasteiger partial charge in [0.15, 0.2) is 0 Å². The highest BCUT2D eigenvalue weighted by Crippen LogP contribution is 2.38. The zero-order chi connectivity index (χ0) is 18.8. The number of halogens is 3. The van der Waals surface area contributed by atoms with Crippen LogP contribution < -0.4 is 5.32 Å². The van der Waals surface area contributed by atoms with Crippen LogP contribution in [0.5, 0.6) is 0 Å². The Balaban J connectivity index is 1.97. The molecule has 4 nitrogen and oxygen atoms in total. The summed E-state index contributed by atoms with van der Waals surface area (Å²) in [6.07, 6.45) is 0. The molecule has 1 heterocycles. The molecule has 3 aromatic rings. The highest BCUT2D eigenvalue weighted by Gasteiger charge is 2.22. The molecule has 0 atom stereocenters. The van der Waals surface area contributed by atoms with Gasteiger partial charge in [0.05, 0.1) is 20.6 Å². The topological polar surface area (TPSA) is 66.4 Å². The van der Waals surface area contributed by atoms with Crippen molar-refractivity contribution in [2.45, 2.75) is 0 Å². The van der Waals surface area contributed by atoms with E-state index < -0.39 is 11.9 Å². The second-order valence-electron chi connectivity index (χ2n) is 5.25. The molecule has 2 N–H and O–H groups in total. The van der Waals surface area contributed by atoms with E-state index in [1.165, 1.54) is 11.3 Å². The van der Waals surface area contributed by atoms with Gasteiger partial charge in [-0.1, -0.05) is 40.9 Å². The molecule has 132 valence electrons. The number of hydrogen-bond donors (Lipinski definition) is 2. The Bertz CT molecular complexity index is 999. The van der Waals surface area contributed by atoms with Gasteiger partial charge in [0, 0.05) is 16.0 Å². The second kappa shape index (κ2) is 7.68. The van der Waals surface area contributed by atoms with Crippen molar-refractivity contribution in [3.8, 4) is 10.4 Å². The van der Waals surface area contributed by atoms with Gasteiger partial charge in [-0.3, -0.25) is 4.79 Å². The highest BCUT2D eigenvalue weighted by atomic mass is 35.5. The van der Waals surface area contributed by atoms with Gasteiger partial charge in [-0.05, 0) is 42.0 Å². The number of carbonyl (C=O) groups is 2. The first-order valence-corrected chi connectivity index (χ1v) is 9.25. The van der Waals surface area contributed by atoms with Crippen molar-refractivity contribution >= 4 is 63.7 Å². The Hall–Kier alpha value is -2.05. The normalized spacial score (nSPS) is 10.6. The average molecular weight is 427 g/mol. The molecule has 0 fully saturated rings. The Morgan fingerprint density at radius 3 is 2.27 bits per heavy atom. The smallest absolute Gasteiger partial charge is 0.339 e. The van der Waals surface area contributed by atoms with Crippen LogP contribution in [0.2, 0.25) is 15.1 Å². The van der Waals surface area contributed by atoms with Gasteiger partial charge in [-0.2, -0.15) is 0 Å². The maximum Gasteiger partial charge on any atom is 0.339 e. The molecule has 26 heavy (non-hydrogen) atoms. The van der Waals surface area contributed by atoms with Crippen LogP contribution in [0, 0.1) is 0 Å². The lowest BCUT2D eigenvalue weighted by molar-refractivity contribution is 0.0699. The third kappa shape index (κ3) is 3.86. The second-order valence-corrected chi connectivity index (χ2v) is 7.38. The molecule has 3 rings (SSSR count). The van der Waals surface area contributed by atoms with Crippen molar-refractivity contribution in [2.24, 2.45) is 0 Å². The van der Waals surface area contributed by atoms with Crippen molar-refractivity contribution < 1.29 is 14.7 Å². The molecule has 1 amide bonds. The zero-order valence-electron chi connectivity index (χ0n) is 12.9. The van der Waals surface area contributed by atoms with Crippen LogP contribution in [-0.4, -0.2) is 17.0 Å². The molecule has 0 aliphatic rings. The van der Waals surface area contributed by atoms with E-state index >= 15 is 0 Å². The molecule has 8 heteroatoms. The third-order valence-electron chi connectivity index (χ3n) is 3.54. The van der Waals surface area contributed by atoms with E-state index in [9.17, 15) is 14.7 Å². The summed E-state index contributed by atoms with van der Waals surface area (Å²) in [6.45, 7) is 0. The minimum Gasteiger partial charge on any atom is -0.478 e. The minimum absolute atomic E-state index is 0.00398. The molecule has 0 saturated heterocycles. The van der Waals surface area contributed by atoms with Gasteiger partial charge in [0.2, 0.25) is 0 Å². The summed E-state index contributed by atoms with van der Waals surface area (Å²) in [5, 5.41) is 15.0. The lowest BCUT2D eigenvalue weighted by atomic mass is 10.1. The molecular weight excluding hydrogens is 417 g/mol. The standard InChI is InChI=1S/C18H10Cl3NO3S/c19-11-4-1-9(2-5-11)17(23)22-14-8-26-16(15(14)18(24)25)10-3-6-12(20)13(21)7-10/h1-8H,(H,22,23)(H,24,25). The van der Waals surface area contributed by atoms with E-state index in [1.807, 2.05) is 0 Å². The number of aromatic carboxylic acids is 1. The van der Waals surface area contributed by atoms with Gasteiger partial charge in [-0.15, -0.1) is 11.3 Å². The van der Waals surface area contributed by atoms with Gasteiger partial charge < -0.3 is 10.4 Å². The fourth-order valence-corrected chi connectivity index (χ4v) is 3.72. The molecule has 0 unspecified atom stereocenters. The van der Waals surface area contributed by atoms with Crippen LogP contribution in [0.4, 0.5) is 5.69 Å². The maximum atomic E-state index is 12.4. The lowest BCUT2D eigenvalue weighted by Crippen LogP contribution is -2.13. The molecule has 0 aliphatic heterocycles. The van der Waals surface area contributed by atoms with Gasteiger partial charge in [0.25, 0.3) is 5.91 Å². The predicted octanol–water partition coefficient (Wildman–Crippen LogP) is 6.33. The van der Waals surface area contributed by atoms with E-state index in [0.29, 0.717) is 31.1 Å². The first kappa shape index (κ1) is 18.7. The summed E-state index contributed by atoms with van der Waals surface area (Å²) < 4.78 is 0. The van der Waals surface area contributed by atoms with Crippen LogP contribution in [0.15, 0.2) is 47.8 Å². The summed E-state index contributed by atoms with van der Waals surface area (Å²) >= 11 is 18.9. The number of nitrogens with one attached hydrogen (secondary N) is 1. The van der Waals surface area contributed by atoms with Crippen LogP contribution in [-0.2, 0) is 0 Å². The monoisotopic (exact) mass is 425 g/mol. The molecule has 0 saturated carbocycles. The van der Waals surface area contributed by atoms with Crippen LogP contribution in [0.25, 0.3) is 10.4 Å². The Kier molecular flexibility index (Phi) is 5.53. The minimum atomic E-state index is -1.15. The molecule has 1 aromatic heterocycles. The van der Waals surface area contributed by atoms with E-state index in [4.69, 9.17) is 34.8 Å². The summed E-state index contributed by atoms with van der Waals surface area (Å²) in [5.74, 6) is -1.58. The summed E-state index contributed by atoms with van der Waals surface area (Å²) in [7, 11) is 0. The van der Waals surface area contributed by atoms with Crippen molar-refractivity contribution in [3.63, 3.8) is 0 Å². The largest absolute Gasteiger partial charge is 0.478 e. The summed E-state index contributed by atoms with van der Waals surface area (Å²) in [4.78, 5) is 24.6. The zero-order valence-corrected chi connectivity index (χ0v) is 16.0. The number of benzene rings is 2. The summed E-state index contributed by atoms with van der Waals surface area (Å²) in [5.41, 5.74) is 1.18. The number of hydrogen-bond acceptors (Lipinski definition) is 3. The van der Waals surface area contributed by atoms with E-state index in [1.54, 1.807) is 47.8 Å². The van der Waals surface area contributed by atoms with Crippen LogP contribution >= 0.6 is 46.1 Å². The Morgan fingerprint density at radius 2 is 1.65 bits per heavy atom.